The third kappa shape index (κ3) is 2.99. The highest BCUT2D eigenvalue weighted by atomic mass is 16.5. The second-order valence-electron chi connectivity index (χ2n) is 6.01. The second kappa shape index (κ2) is 6.38. The van der Waals surface area contributed by atoms with E-state index in [9.17, 15) is 4.79 Å². The Morgan fingerprint density at radius 2 is 2.25 bits per heavy atom. The van der Waals surface area contributed by atoms with Gasteiger partial charge in [-0.3, -0.25) is 4.79 Å². The third-order valence-corrected chi connectivity index (χ3v) is 4.49. The van der Waals surface area contributed by atoms with Crippen molar-refractivity contribution in [2.24, 2.45) is 7.05 Å². The number of anilines is 1. The predicted octanol–water partition coefficient (Wildman–Crippen LogP) is 2.39. The topological polar surface area (TPSA) is 79.1 Å². The molecule has 0 bridgehead atoms. The third-order valence-electron chi connectivity index (χ3n) is 4.49. The van der Waals surface area contributed by atoms with Crippen LogP contribution in [0.4, 0.5) is 5.69 Å². The molecule has 124 valence electrons. The first kappa shape index (κ1) is 16.1. The quantitative estimate of drug-likeness (QED) is 0.905. The van der Waals surface area contributed by atoms with Crippen LogP contribution in [0.5, 0.6) is 5.75 Å². The van der Waals surface area contributed by atoms with Gasteiger partial charge < -0.3 is 19.9 Å². The number of rotatable bonds is 4. The number of carbonyl (C=O) groups is 1. The molecule has 2 N–H and O–H groups in total. The summed E-state index contributed by atoms with van der Waals surface area (Å²) in [5.74, 6) is 0.562. The van der Waals surface area contributed by atoms with Crippen LogP contribution in [-0.2, 0) is 18.4 Å². The standard InChI is InChI=1S/C18H20N4O2/c1-11(20-9-14-6-15(8-19)22(3)12(14)2)13-4-5-17-16(7-13)21-18(23)10-24-17/h4-7,11,20H,9-10H2,1-3H3,(H,21,23)/t11-/m1/s1. The SMILES string of the molecule is Cc1c(CN[C@H](C)c2ccc3c(c2)NC(=O)CO3)cc(C#N)n1C. The summed E-state index contributed by atoms with van der Waals surface area (Å²) in [4.78, 5) is 11.4. The van der Waals surface area contributed by atoms with Crippen molar-refractivity contribution in [2.75, 3.05) is 11.9 Å². The van der Waals surface area contributed by atoms with Crippen LogP contribution in [0.15, 0.2) is 24.3 Å². The Morgan fingerprint density at radius 1 is 1.46 bits per heavy atom. The lowest BCUT2D eigenvalue weighted by molar-refractivity contribution is -0.118. The minimum Gasteiger partial charge on any atom is -0.482 e. The molecule has 2 aromatic rings. The molecule has 0 fully saturated rings. The fourth-order valence-electron chi connectivity index (χ4n) is 2.80. The number of benzene rings is 1. The van der Waals surface area contributed by atoms with Gasteiger partial charge in [0.15, 0.2) is 6.61 Å². The number of nitrogens with zero attached hydrogens (tertiary/aromatic N) is 2. The molecular formula is C18H20N4O2. The molecular weight excluding hydrogens is 304 g/mol. The van der Waals surface area contributed by atoms with E-state index in [-0.39, 0.29) is 18.6 Å². The average molecular weight is 324 g/mol. The van der Waals surface area contributed by atoms with Crippen molar-refractivity contribution in [1.29, 1.82) is 5.26 Å². The predicted molar refractivity (Wildman–Crippen MR) is 90.7 cm³/mol. The van der Waals surface area contributed by atoms with Crippen molar-refractivity contribution in [1.82, 2.24) is 9.88 Å². The van der Waals surface area contributed by atoms with E-state index in [4.69, 9.17) is 10.00 Å². The van der Waals surface area contributed by atoms with Crippen LogP contribution < -0.4 is 15.4 Å². The first-order chi connectivity index (χ1) is 11.5. The van der Waals surface area contributed by atoms with E-state index in [0.717, 1.165) is 16.8 Å². The fraction of sp³-hybridized carbons (Fsp3) is 0.333. The summed E-state index contributed by atoms with van der Waals surface area (Å²) in [6.45, 7) is 4.81. The number of hydrogen-bond acceptors (Lipinski definition) is 4. The van der Waals surface area contributed by atoms with Crippen LogP contribution in [0.3, 0.4) is 0 Å². The van der Waals surface area contributed by atoms with E-state index in [1.807, 2.05) is 42.8 Å². The van der Waals surface area contributed by atoms with E-state index in [1.165, 1.54) is 0 Å². The van der Waals surface area contributed by atoms with Crippen molar-refractivity contribution in [2.45, 2.75) is 26.4 Å². The molecule has 1 amide bonds. The summed E-state index contributed by atoms with van der Waals surface area (Å²) in [6, 6.07) is 10.0. The van der Waals surface area contributed by atoms with Gasteiger partial charge in [0.2, 0.25) is 0 Å². The Hall–Kier alpha value is -2.78. The van der Waals surface area contributed by atoms with Crippen LogP contribution in [0.25, 0.3) is 0 Å². The highest BCUT2D eigenvalue weighted by Crippen LogP contribution is 2.30. The Labute approximate surface area is 141 Å². The van der Waals surface area contributed by atoms with Gasteiger partial charge in [0, 0.05) is 25.3 Å². The number of ether oxygens (including phenoxy) is 1. The molecule has 0 saturated carbocycles. The summed E-state index contributed by atoms with van der Waals surface area (Å²) >= 11 is 0. The van der Waals surface area contributed by atoms with E-state index in [1.54, 1.807) is 0 Å². The van der Waals surface area contributed by atoms with Gasteiger partial charge in [-0.15, -0.1) is 0 Å². The number of hydrogen-bond donors (Lipinski definition) is 2. The summed E-state index contributed by atoms with van der Waals surface area (Å²) in [6.07, 6.45) is 0. The molecule has 0 unspecified atom stereocenters. The molecule has 1 aromatic heterocycles. The summed E-state index contributed by atoms with van der Waals surface area (Å²) < 4.78 is 7.27. The molecule has 1 aliphatic rings. The highest BCUT2D eigenvalue weighted by molar-refractivity contribution is 5.95. The van der Waals surface area contributed by atoms with Crippen LogP contribution in [0, 0.1) is 18.3 Å². The second-order valence-corrected chi connectivity index (χ2v) is 6.01. The first-order valence-electron chi connectivity index (χ1n) is 7.85. The number of carbonyl (C=O) groups excluding carboxylic acids is 1. The maximum Gasteiger partial charge on any atom is 0.262 e. The van der Waals surface area contributed by atoms with Crippen molar-refractivity contribution in [3.05, 3.63) is 46.8 Å². The molecule has 2 heterocycles. The Kier molecular flexibility index (Phi) is 4.28. The van der Waals surface area contributed by atoms with Gasteiger partial charge in [-0.2, -0.15) is 5.26 Å². The van der Waals surface area contributed by atoms with E-state index < -0.39 is 0 Å². The first-order valence-corrected chi connectivity index (χ1v) is 7.85. The lowest BCUT2D eigenvalue weighted by Crippen LogP contribution is -2.26. The van der Waals surface area contributed by atoms with Gasteiger partial charge in [-0.1, -0.05) is 6.07 Å². The van der Waals surface area contributed by atoms with Crippen LogP contribution in [0.1, 0.15) is 35.5 Å². The molecule has 6 nitrogen and oxygen atoms in total. The van der Waals surface area contributed by atoms with Gasteiger partial charge in [0.1, 0.15) is 17.5 Å². The Bertz CT molecular complexity index is 832. The van der Waals surface area contributed by atoms with Crippen molar-refractivity contribution >= 4 is 11.6 Å². The van der Waals surface area contributed by atoms with Crippen molar-refractivity contribution in [3.63, 3.8) is 0 Å². The van der Waals surface area contributed by atoms with Crippen molar-refractivity contribution < 1.29 is 9.53 Å². The molecule has 1 aromatic carbocycles. The molecule has 1 atom stereocenters. The average Bonchev–Trinajstić information content (AvgIpc) is 2.86. The number of nitriles is 1. The normalized spacial score (nSPS) is 14.3. The zero-order valence-electron chi connectivity index (χ0n) is 14.0. The molecule has 24 heavy (non-hydrogen) atoms. The van der Waals surface area contributed by atoms with Gasteiger partial charge in [0.05, 0.1) is 5.69 Å². The number of nitrogens with one attached hydrogen (secondary N) is 2. The Balaban J connectivity index is 1.72. The van der Waals surface area contributed by atoms with Crippen LogP contribution in [0.2, 0.25) is 0 Å². The molecule has 6 heteroatoms. The van der Waals surface area contributed by atoms with Crippen LogP contribution >= 0.6 is 0 Å². The maximum absolute atomic E-state index is 11.4. The fourth-order valence-corrected chi connectivity index (χ4v) is 2.80. The largest absolute Gasteiger partial charge is 0.482 e. The summed E-state index contributed by atoms with van der Waals surface area (Å²) in [5.41, 5.74) is 4.62. The Morgan fingerprint density at radius 3 is 2.96 bits per heavy atom. The molecule has 0 aliphatic carbocycles. The lowest BCUT2D eigenvalue weighted by Gasteiger charge is -2.21. The highest BCUT2D eigenvalue weighted by Gasteiger charge is 2.17. The van der Waals surface area contributed by atoms with E-state index in [2.05, 4.69) is 23.6 Å². The van der Waals surface area contributed by atoms with Gasteiger partial charge in [-0.25, -0.2) is 0 Å². The number of fused-ring (bicyclic) bond motifs is 1. The molecule has 0 spiro atoms. The summed E-state index contributed by atoms with van der Waals surface area (Å²) in [5, 5.41) is 15.4. The van der Waals surface area contributed by atoms with E-state index in [0.29, 0.717) is 23.7 Å². The number of amides is 1. The monoisotopic (exact) mass is 324 g/mol. The molecule has 0 radical (unpaired) electrons. The minimum absolute atomic E-state index is 0.0641. The smallest absolute Gasteiger partial charge is 0.262 e. The van der Waals surface area contributed by atoms with E-state index >= 15 is 0 Å². The zero-order chi connectivity index (χ0) is 17.3. The van der Waals surface area contributed by atoms with Crippen LogP contribution in [-0.4, -0.2) is 17.1 Å². The summed E-state index contributed by atoms with van der Waals surface area (Å²) in [7, 11) is 1.90. The van der Waals surface area contributed by atoms with Gasteiger partial charge >= 0.3 is 0 Å². The zero-order valence-corrected chi connectivity index (χ0v) is 14.0. The van der Waals surface area contributed by atoms with Gasteiger partial charge in [-0.05, 0) is 43.2 Å². The van der Waals surface area contributed by atoms with Gasteiger partial charge in [0.25, 0.3) is 5.91 Å². The van der Waals surface area contributed by atoms with Crippen molar-refractivity contribution in [3.8, 4) is 11.8 Å². The molecule has 1 aliphatic heterocycles. The molecule has 3 rings (SSSR count). The minimum atomic E-state index is -0.135. The lowest BCUT2D eigenvalue weighted by atomic mass is 10.1. The maximum atomic E-state index is 11.4. The molecule has 0 saturated heterocycles. The number of aromatic nitrogens is 1.